The molecule has 0 radical (unpaired) electrons. The fraction of sp³-hybridized carbons (Fsp3) is 0.800. The normalized spacial score (nSPS) is 48.6. The van der Waals surface area contributed by atoms with E-state index in [0.717, 1.165) is 38.5 Å². The molecular formula is C20H32O2. The molecule has 22 heavy (non-hydrogen) atoms. The van der Waals surface area contributed by atoms with Crippen molar-refractivity contribution < 1.29 is 10.2 Å². The third-order valence-electron chi connectivity index (χ3n) is 7.26. The summed E-state index contributed by atoms with van der Waals surface area (Å²) in [7, 11) is 0. The molecule has 1 fully saturated rings. The minimum absolute atomic E-state index is 0.0746. The van der Waals surface area contributed by atoms with Crippen LogP contribution in [0.15, 0.2) is 23.8 Å². The Kier molecular flexibility index (Phi) is 3.85. The van der Waals surface area contributed by atoms with E-state index in [9.17, 15) is 10.2 Å². The summed E-state index contributed by atoms with van der Waals surface area (Å²) in [6.07, 6.45) is 9.32. The van der Waals surface area contributed by atoms with Gasteiger partial charge in [-0.15, -0.1) is 6.58 Å². The van der Waals surface area contributed by atoms with Crippen LogP contribution in [-0.2, 0) is 0 Å². The third kappa shape index (κ3) is 2.22. The maximum atomic E-state index is 10.9. The van der Waals surface area contributed by atoms with Crippen LogP contribution in [0.2, 0.25) is 0 Å². The highest BCUT2D eigenvalue weighted by Crippen LogP contribution is 2.62. The molecule has 3 aliphatic rings. The lowest BCUT2D eigenvalue weighted by molar-refractivity contribution is -0.105. The molecule has 0 aromatic heterocycles. The molecule has 2 N–H and O–H groups in total. The van der Waals surface area contributed by atoms with Crippen LogP contribution in [0.3, 0.4) is 0 Å². The molecule has 0 saturated heterocycles. The summed E-state index contributed by atoms with van der Waals surface area (Å²) in [6, 6.07) is 0. The highest BCUT2D eigenvalue weighted by Gasteiger charge is 2.56. The monoisotopic (exact) mass is 304 g/mol. The first-order chi connectivity index (χ1) is 10.3. The summed E-state index contributed by atoms with van der Waals surface area (Å²) in [5.41, 5.74) is 3.23. The molecule has 5 atom stereocenters. The van der Waals surface area contributed by atoms with E-state index in [-0.39, 0.29) is 34.9 Å². The average molecular weight is 304 g/mol. The van der Waals surface area contributed by atoms with E-state index in [1.165, 1.54) is 12.0 Å². The number of rotatable bonds is 2. The van der Waals surface area contributed by atoms with Crippen molar-refractivity contribution in [3.8, 4) is 0 Å². The Balaban J connectivity index is 2.04. The second-order valence-electron chi connectivity index (χ2n) is 8.95. The van der Waals surface area contributed by atoms with Gasteiger partial charge in [0.25, 0.3) is 0 Å². The SMILES string of the molecule is C=CC1(C)CCC2=C(CC(O)C3C(C)(CO)CCCC23C)C1. The first kappa shape index (κ1) is 16.3. The third-order valence-corrected chi connectivity index (χ3v) is 7.26. The molecule has 1 saturated carbocycles. The van der Waals surface area contributed by atoms with E-state index in [0.29, 0.717) is 0 Å². The van der Waals surface area contributed by atoms with Gasteiger partial charge in [0.05, 0.1) is 6.10 Å². The van der Waals surface area contributed by atoms with Gasteiger partial charge in [0.1, 0.15) is 0 Å². The Bertz CT molecular complexity index is 508. The number of fused-ring (bicyclic) bond motifs is 2. The van der Waals surface area contributed by atoms with Crippen molar-refractivity contribution in [2.45, 2.75) is 71.8 Å². The number of hydrogen-bond acceptors (Lipinski definition) is 2. The van der Waals surface area contributed by atoms with Gasteiger partial charge < -0.3 is 10.2 Å². The summed E-state index contributed by atoms with van der Waals surface area (Å²) >= 11 is 0. The van der Waals surface area contributed by atoms with Gasteiger partial charge >= 0.3 is 0 Å². The van der Waals surface area contributed by atoms with Crippen LogP contribution in [0.25, 0.3) is 0 Å². The van der Waals surface area contributed by atoms with Crippen LogP contribution < -0.4 is 0 Å². The van der Waals surface area contributed by atoms with Crippen molar-refractivity contribution in [1.82, 2.24) is 0 Å². The van der Waals surface area contributed by atoms with Crippen molar-refractivity contribution in [1.29, 1.82) is 0 Å². The standard InChI is InChI=1S/C20H32O2/c1-5-18(2)10-7-15-14(12-18)11-16(22)17-19(3,13-21)8-6-9-20(15,17)4/h5,16-17,21-22H,1,6-13H2,2-4H3. The van der Waals surface area contributed by atoms with Gasteiger partial charge in [-0.05, 0) is 54.8 Å². The van der Waals surface area contributed by atoms with Crippen molar-refractivity contribution in [3.05, 3.63) is 23.8 Å². The number of allylic oxidation sites excluding steroid dienone is 2. The minimum Gasteiger partial charge on any atom is -0.396 e. The molecule has 3 aliphatic carbocycles. The molecule has 0 bridgehead atoms. The van der Waals surface area contributed by atoms with E-state index in [2.05, 4.69) is 33.4 Å². The zero-order valence-electron chi connectivity index (χ0n) is 14.5. The highest BCUT2D eigenvalue weighted by molar-refractivity contribution is 5.34. The Morgan fingerprint density at radius 3 is 2.59 bits per heavy atom. The highest BCUT2D eigenvalue weighted by atomic mass is 16.3. The quantitative estimate of drug-likeness (QED) is 0.750. The second-order valence-corrected chi connectivity index (χ2v) is 8.95. The predicted molar refractivity (Wildman–Crippen MR) is 90.4 cm³/mol. The first-order valence-electron chi connectivity index (χ1n) is 8.92. The fourth-order valence-electron chi connectivity index (χ4n) is 6.04. The van der Waals surface area contributed by atoms with Crippen molar-refractivity contribution in [2.24, 2.45) is 22.2 Å². The smallest absolute Gasteiger partial charge is 0.0619 e. The summed E-state index contributed by atoms with van der Waals surface area (Å²) in [5.74, 6) is 0.200. The molecule has 3 rings (SSSR count). The lowest BCUT2D eigenvalue weighted by Crippen LogP contribution is -2.55. The van der Waals surface area contributed by atoms with Crippen molar-refractivity contribution >= 4 is 0 Å². The van der Waals surface area contributed by atoms with Gasteiger partial charge in [-0.1, -0.05) is 44.4 Å². The zero-order chi connectivity index (χ0) is 16.2. The molecule has 0 amide bonds. The van der Waals surface area contributed by atoms with Crippen LogP contribution in [0, 0.1) is 22.2 Å². The molecule has 0 aromatic carbocycles. The van der Waals surface area contributed by atoms with Crippen molar-refractivity contribution in [3.63, 3.8) is 0 Å². The number of hydrogen-bond donors (Lipinski definition) is 2. The molecule has 124 valence electrons. The second kappa shape index (κ2) is 5.21. The zero-order valence-corrected chi connectivity index (χ0v) is 14.5. The Hall–Kier alpha value is -0.600. The molecular weight excluding hydrogens is 272 g/mol. The number of aliphatic hydroxyl groups is 2. The van der Waals surface area contributed by atoms with Gasteiger partial charge in [-0.2, -0.15) is 0 Å². The topological polar surface area (TPSA) is 40.5 Å². The van der Waals surface area contributed by atoms with Gasteiger partial charge in [-0.25, -0.2) is 0 Å². The molecule has 0 aliphatic heterocycles. The largest absolute Gasteiger partial charge is 0.396 e. The van der Waals surface area contributed by atoms with E-state index >= 15 is 0 Å². The van der Waals surface area contributed by atoms with E-state index in [4.69, 9.17) is 0 Å². The Labute approximate surface area is 135 Å². The first-order valence-corrected chi connectivity index (χ1v) is 8.92. The van der Waals surface area contributed by atoms with E-state index in [1.807, 2.05) is 0 Å². The van der Waals surface area contributed by atoms with Gasteiger partial charge in [0, 0.05) is 12.5 Å². The molecule has 0 heterocycles. The van der Waals surface area contributed by atoms with Crippen LogP contribution in [0.4, 0.5) is 0 Å². The molecule has 5 unspecified atom stereocenters. The van der Waals surface area contributed by atoms with Crippen LogP contribution >= 0.6 is 0 Å². The molecule has 0 spiro atoms. The lowest BCUT2D eigenvalue weighted by Gasteiger charge is -2.59. The minimum atomic E-state index is -0.312. The van der Waals surface area contributed by atoms with Crippen LogP contribution in [0.1, 0.15) is 65.7 Å². The predicted octanol–water partition coefficient (Wildman–Crippen LogP) is 4.23. The molecule has 0 aromatic rings. The van der Waals surface area contributed by atoms with Gasteiger partial charge in [0.2, 0.25) is 0 Å². The summed E-state index contributed by atoms with van der Waals surface area (Å²) in [6.45, 7) is 11.1. The summed E-state index contributed by atoms with van der Waals surface area (Å²) in [5, 5.41) is 20.9. The van der Waals surface area contributed by atoms with Gasteiger partial charge in [0.15, 0.2) is 0 Å². The maximum Gasteiger partial charge on any atom is 0.0619 e. The summed E-state index contributed by atoms with van der Waals surface area (Å²) in [4.78, 5) is 0. The number of aliphatic hydroxyl groups excluding tert-OH is 2. The summed E-state index contributed by atoms with van der Waals surface area (Å²) < 4.78 is 0. The molecule has 2 nitrogen and oxygen atoms in total. The fourth-order valence-corrected chi connectivity index (χ4v) is 6.04. The van der Waals surface area contributed by atoms with Crippen LogP contribution in [0.5, 0.6) is 0 Å². The Morgan fingerprint density at radius 2 is 1.95 bits per heavy atom. The Morgan fingerprint density at radius 1 is 1.23 bits per heavy atom. The van der Waals surface area contributed by atoms with Crippen molar-refractivity contribution in [2.75, 3.05) is 6.61 Å². The molecule has 2 heteroatoms. The van der Waals surface area contributed by atoms with E-state index in [1.54, 1.807) is 5.57 Å². The average Bonchev–Trinajstić information content (AvgIpc) is 2.46. The van der Waals surface area contributed by atoms with Gasteiger partial charge in [-0.3, -0.25) is 0 Å². The maximum absolute atomic E-state index is 10.9. The lowest BCUT2D eigenvalue weighted by atomic mass is 9.47. The van der Waals surface area contributed by atoms with E-state index < -0.39 is 0 Å². The van der Waals surface area contributed by atoms with Crippen LogP contribution in [-0.4, -0.2) is 22.9 Å².